The van der Waals surface area contributed by atoms with Gasteiger partial charge in [-0.15, -0.1) is 0 Å². The summed E-state index contributed by atoms with van der Waals surface area (Å²) in [6.07, 6.45) is 1.81. The molecule has 17 nitrogen and oxygen atoms in total. The standard InChI is InChI=1S/C29H47N7O10/c1-7-9-11-42-28(40)32-20(17(3)4)25(38)44-13-19(46-16-36-15-31-22-23(36)34-27(30)35-24(22)37)14-45-26(39)21(18(5)6)33-29(41)43-12-10-8-2/h15,17-21H,7-14,16H2,1-6H3,(H,32,40)(H,33,41)(H3,30,34,35,37)/t20-,21-/m0/s1. The predicted octanol–water partition coefficient (Wildman–Crippen LogP) is 2.23. The van der Waals surface area contributed by atoms with E-state index in [2.05, 4.69) is 25.6 Å². The first-order valence-corrected chi connectivity index (χ1v) is 15.4. The fraction of sp³-hybridized carbons (Fsp3) is 0.690. The molecule has 0 saturated carbocycles. The molecule has 0 aliphatic carbocycles. The first kappa shape index (κ1) is 37.8. The van der Waals surface area contributed by atoms with Crippen LogP contribution in [0, 0.1) is 11.8 Å². The van der Waals surface area contributed by atoms with Gasteiger partial charge in [0.2, 0.25) is 5.95 Å². The third kappa shape index (κ3) is 12.2. The molecule has 0 radical (unpaired) electrons. The second kappa shape index (κ2) is 19.2. The number of imidazole rings is 1. The van der Waals surface area contributed by atoms with Crippen LogP contribution in [0.3, 0.4) is 0 Å². The van der Waals surface area contributed by atoms with E-state index in [0.29, 0.717) is 12.8 Å². The third-order valence-corrected chi connectivity index (χ3v) is 6.62. The van der Waals surface area contributed by atoms with Gasteiger partial charge in [-0.2, -0.15) is 4.98 Å². The minimum atomic E-state index is -1.03. The quantitative estimate of drug-likeness (QED) is 0.0970. The van der Waals surface area contributed by atoms with Crippen molar-refractivity contribution < 1.29 is 42.9 Å². The third-order valence-electron chi connectivity index (χ3n) is 6.62. The van der Waals surface area contributed by atoms with E-state index in [9.17, 15) is 24.0 Å². The number of ether oxygens (including phenoxy) is 5. The number of carbonyl (C=O) groups is 4. The molecule has 2 rings (SSSR count). The summed E-state index contributed by atoms with van der Waals surface area (Å²) in [5, 5.41) is 5.04. The smallest absolute Gasteiger partial charge is 0.407 e. The van der Waals surface area contributed by atoms with Crippen LogP contribution in [0.4, 0.5) is 15.5 Å². The van der Waals surface area contributed by atoms with Gasteiger partial charge in [-0.25, -0.2) is 24.2 Å². The van der Waals surface area contributed by atoms with Crippen LogP contribution in [0.5, 0.6) is 0 Å². The van der Waals surface area contributed by atoms with Crippen molar-refractivity contribution in [2.75, 3.05) is 32.2 Å². The molecule has 17 heteroatoms. The van der Waals surface area contributed by atoms with Crippen LogP contribution >= 0.6 is 0 Å². The maximum Gasteiger partial charge on any atom is 0.407 e. The SMILES string of the molecule is CCCCOC(=O)N[C@H](C(=O)OCC(COC(=O)[C@@H](NC(=O)OCCCC)C(C)C)OCn1cnc2c(=O)[nH]c(N)nc21)C(C)C. The molecule has 0 aliphatic heterocycles. The van der Waals surface area contributed by atoms with Crippen molar-refractivity contribution in [3.05, 3.63) is 16.7 Å². The van der Waals surface area contributed by atoms with E-state index in [0.717, 1.165) is 12.8 Å². The Bertz CT molecular complexity index is 1290. The van der Waals surface area contributed by atoms with Crippen LogP contribution < -0.4 is 21.9 Å². The van der Waals surface area contributed by atoms with Gasteiger partial charge in [-0.1, -0.05) is 54.4 Å². The summed E-state index contributed by atoms with van der Waals surface area (Å²) in [6.45, 7) is 10.2. The highest BCUT2D eigenvalue weighted by atomic mass is 16.6. The highest BCUT2D eigenvalue weighted by Gasteiger charge is 2.30. The number of unbranched alkanes of at least 4 members (excludes halogenated alkanes) is 2. The lowest BCUT2D eigenvalue weighted by molar-refractivity contribution is -0.161. The van der Waals surface area contributed by atoms with Crippen molar-refractivity contribution in [1.82, 2.24) is 30.2 Å². The molecule has 2 aromatic heterocycles. The molecular formula is C29H47N7O10. The van der Waals surface area contributed by atoms with Crippen molar-refractivity contribution in [2.45, 2.75) is 92.1 Å². The molecule has 0 bridgehead atoms. The van der Waals surface area contributed by atoms with Gasteiger partial charge in [-0.3, -0.25) is 14.3 Å². The number of nitrogens with one attached hydrogen (secondary N) is 3. The Morgan fingerprint density at radius 2 is 1.37 bits per heavy atom. The lowest BCUT2D eigenvalue weighted by atomic mass is 10.1. The zero-order chi connectivity index (χ0) is 34.2. The number of anilines is 1. The van der Waals surface area contributed by atoms with Gasteiger partial charge in [0.05, 0.1) is 19.5 Å². The van der Waals surface area contributed by atoms with Crippen molar-refractivity contribution in [1.29, 1.82) is 0 Å². The average molecular weight is 654 g/mol. The average Bonchev–Trinajstić information content (AvgIpc) is 3.40. The number of hydrogen-bond acceptors (Lipinski definition) is 13. The highest BCUT2D eigenvalue weighted by molar-refractivity contribution is 5.82. The number of nitrogens with two attached hydrogens (primary N) is 1. The van der Waals surface area contributed by atoms with Crippen LogP contribution in [0.1, 0.15) is 67.2 Å². The minimum Gasteiger partial charge on any atom is -0.461 e. The molecule has 46 heavy (non-hydrogen) atoms. The maximum atomic E-state index is 13.0. The number of nitrogens with zero attached hydrogens (tertiary/aromatic N) is 3. The van der Waals surface area contributed by atoms with E-state index in [1.807, 2.05) is 13.8 Å². The molecule has 258 valence electrons. The van der Waals surface area contributed by atoms with Crippen molar-refractivity contribution in [2.24, 2.45) is 11.8 Å². The maximum absolute atomic E-state index is 13.0. The number of carbonyl (C=O) groups excluding carboxylic acids is 4. The number of fused-ring (bicyclic) bond motifs is 1. The Hall–Kier alpha value is -4.41. The Labute approximate surface area is 267 Å². The fourth-order valence-corrected chi connectivity index (χ4v) is 3.88. The van der Waals surface area contributed by atoms with Gasteiger partial charge in [0.15, 0.2) is 11.2 Å². The molecule has 0 spiro atoms. The van der Waals surface area contributed by atoms with Crippen LogP contribution in [0.15, 0.2) is 11.1 Å². The largest absolute Gasteiger partial charge is 0.461 e. The second-order valence-corrected chi connectivity index (χ2v) is 11.2. The van der Waals surface area contributed by atoms with Crippen LogP contribution in [0.2, 0.25) is 0 Å². The Kier molecular flexibility index (Phi) is 15.8. The first-order valence-electron chi connectivity index (χ1n) is 15.4. The van der Waals surface area contributed by atoms with E-state index in [-0.39, 0.29) is 62.1 Å². The van der Waals surface area contributed by atoms with Crippen LogP contribution in [0.25, 0.3) is 11.2 Å². The summed E-state index contributed by atoms with van der Waals surface area (Å²) in [5.41, 5.74) is 5.30. The molecule has 0 fully saturated rings. The number of aromatic amines is 1. The fourth-order valence-electron chi connectivity index (χ4n) is 3.88. The molecule has 2 heterocycles. The van der Waals surface area contributed by atoms with Crippen LogP contribution in [-0.4, -0.2) is 88.3 Å². The summed E-state index contributed by atoms with van der Waals surface area (Å²) in [6, 6.07) is -2.05. The molecule has 0 saturated heterocycles. The van der Waals surface area contributed by atoms with Gasteiger partial charge in [0, 0.05) is 0 Å². The number of esters is 2. The summed E-state index contributed by atoms with van der Waals surface area (Å²) in [4.78, 5) is 73.0. The number of alkyl carbamates (subject to hydrolysis) is 2. The number of H-pyrrole nitrogens is 1. The normalized spacial score (nSPS) is 12.6. The van der Waals surface area contributed by atoms with Gasteiger partial charge >= 0.3 is 24.1 Å². The first-order chi connectivity index (χ1) is 21.9. The Morgan fingerprint density at radius 3 is 1.83 bits per heavy atom. The van der Waals surface area contributed by atoms with Gasteiger partial charge in [0.25, 0.3) is 5.56 Å². The minimum absolute atomic E-state index is 0.0283. The van der Waals surface area contributed by atoms with Gasteiger partial charge < -0.3 is 40.1 Å². The van der Waals surface area contributed by atoms with Crippen molar-refractivity contribution in [3.63, 3.8) is 0 Å². The molecule has 0 aromatic carbocycles. The molecule has 2 atom stereocenters. The number of rotatable bonds is 19. The molecule has 5 N–H and O–H groups in total. The van der Waals surface area contributed by atoms with E-state index in [1.165, 1.54) is 10.9 Å². The number of amides is 2. The number of hydrogen-bond donors (Lipinski definition) is 4. The molecular weight excluding hydrogens is 606 g/mol. The summed E-state index contributed by atoms with van der Waals surface area (Å²) in [5.74, 6) is -2.32. The molecule has 0 unspecified atom stereocenters. The zero-order valence-electron chi connectivity index (χ0n) is 27.3. The summed E-state index contributed by atoms with van der Waals surface area (Å²) in [7, 11) is 0. The molecule has 2 aromatic rings. The van der Waals surface area contributed by atoms with Crippen molar-refractivity contribution >= 4 is 41.2 Å². The highest BCUT2D eigenvalue weighted by Crippen LogP contribution is 2.11. The lowest BCUT2D eigenvalue weighted by Crippen LogP contribution is -2.47. The molecule has 0 aliphatic rings. The topological polar surface area (TPSA) is 228 Å². The monoisotopic (exact) mass is 653 g/mol. The summed E-state index contributed by atoms with van der Waals surface area (Å²) >= 11 is 0. The lowest BCUT2D eigenvalue weighted by Gasteiger charge is -2.24. The van der Waals surface area contributed by atoms with Crippen LogP contribution in [-0.2, 0) is 40.0 Å². The number of aromatic nitrogens is 4. The van der Waals surface area contributed by atoms with Gasteiger partial charge in [-0.05, 0) is 24.7 Å². The van der Waals surface area contributed by atoms with E-state index in [1.54, 1.807) is 27.7 Å². The predicted molar refractivity (Wildman–Crippen MR) is 165 cm³/mol. The van der Waals surface area contributed by atoms with Crippen molar-refractivity contribution in [3.8, 4) is 0 Å². The zero-order valence-corrected chi connectivity index (χ0v) is 27.3. The second-order valence-electron chi connectivity index (χ2n) is 11.2. The van der Waals surface area contributed by atoms with E-state index >= 15 is 0 Å². The van der Waals surface area contributed by atoms with Gasteiger partial charge in [0.1, 0.15) is 38.1 Å². The Balaban J connectivity index is 2.15. The van der Waals surface area contributed by atoms with E-state index in [4.69, 9.17) is 29.4 Å². The summed E-state index contributed by atoms with van der Waals surface area (Å²) < 4.78 is 28.5. The Morgan fingerprint density at radius 1 is 0.870 bits per heavy atom. The number of nitrogen functional groups attached to an aromatic ring is 1. The van der Waals surface area contributed by atoms with E-state index < -0.39 is 47.9 Å². The molecule has 2 amide bonds.